The number of nitrogens with one attached hydrogen (secondary N) is 1. The lowest BCUT2D eigenvalue weighted by molar-refractivity contribution is -0.137. The van der Waals surface area contributed by atoms with Crippen molar-refractivity contribution in [2.75, 3.05) is 17.8 Å². The highest BCUT2D eigenvalue weighted by Crippen LogP contribution is 2.18. The second-order valence-electron chi connectivity index (χ2n) is 6.02. The molecule has 0 bridgehead atoms. The van der Waals surface area contributed by atoms with Crippen LogP contribution in [0.4, 0.5) is 5.69 Å². The van der Waals surface area contributed by atoms with E-state index in [1.54, 1.807) is 31.2 Å². The summed E-state index contributed by atoms with van der Waals surface area (Å²) in [6, 6.07) is 12.5. The number of hydrogen-bond donors (Lipinski definition) is 2. The Morgan fingerprint density at radius 2 is 1.63 bits per heavy atom. The van der Waals surface area contributed by atoms with Crippen LogP contribution in [-0.4, -0.2) is 43.4 Å². The molecule has 0 fully saturated rings. The van der Waals surface area contributed by atoms with E-state index in [9.17, 15) is 18.0 Å². The van der Waals surface area contributed by atoms with Crippen LogP contribution in [0.15, 0.2) is 53.4 Å². The summed E-state index contributed by atoms with van der Waals surface area (Å²) in [6.07, 6.45) is -0.146. The van der Waals surface area contributed by atoms with Crippen LogP contribution in [0.3, 0.4) is 0 Å². The van der Waals surface area contributed by atoms with Crippen molar-refractivity contribution in [1.82, 2.24) is 4.90 Å². The number of nitrogens with zero attached hydrogens (tertiary/aromatic N) is 1. The van der Waals surface area contributed by atoms with E-state index >= 15 is 0 Å². The van der Waals surface area contributed by atoms with E-state index in [1.807, 2.05) is 6.92 Å². The molecule has 2 aromatic rings. The third-order valence-electron chi connectivity index (χ3n) is 3.98. The van der Waals surface area contributed by atoms with Gasteiger partial charge < -0.3 is 10.0 Å². The number of amides is 1. The molecular weight excluding hydrogens is 368 g/mol. The largest absolute Gasteiger partial charge is 0.481 e. The summed E-state index contributed by atoms with van der Waals surface area (Å²) >= 11 is 0. The molecule has 0 aromatic heterocycles. The minimum Gasteiger partial charge on any atom is -0.481 e. The molecule has 0 aliphatic heterocycles. The van der Waals surface area contributed by atoms with Crippen LogP contribution in [-0.2, 0) is 14.8 Å². The van der Waals surface area contributed by atoms with Gasteiger partial charge in [0, 0.05) is 24.3 Å². The van der Waals surface area contributed by atoms with E-state index in [0.717, 1.165) is 5.56 Å². The zero-order valence-electron chi connectivity index (χ0n) is 15.2. The van der Waals surface area contributed by atoms with Crippen LogP contribution in [0.2, 0.25) is 0 Å². The van der Waals surface area contributed by atoms with Crippen LogP contribution < -0.4 is 4.72 Å². The van der Waals surface area contributed by atoms with Gasteiger partial charge in [0.25, 0.3) is 15.9 Å². The molecule has 2 N–H and O–H groups in total. The Morgan fingerprint density at radius 3 is 2.15 bits per heavy atom. The first kappa shape index (κ1) is 20.4. The monoisotopic (exact) mass is 390 g/mol. The Morgan fingerprint density at radius 1 is 1.04 bits per heavy atom. The van der Waals surface area contributed by atoms with Crippen molar-refractivity contribution in [2.24, 2.45) is 0 Å². The number of carbonyl (C=O) groups excluding carboxylic acids is 1. The summed E-state index contributed by atoms with van der Waals surface area (Å²) in [5.74, 6) is -1.32. The Kier molecular flexibility index (Phi) is 6.57. The first-order chi connectivity index (χ1) is 12.7. The average Bonchev–Trinajstić information content (AvgIpc) is 2.63. The van der Waals surface area contributed by atoms with Crippen molar-refractivity contribution >= 4 is 27.6 Å². The fourth-order valence-corrected chi connectivity index (χ4v) is 3.49. The molecule has 0 aliphatic rings. The van der Waals surface area contributed by atoms with Gasteiger partial charge in [-0.1, -0.05) is 17.7 Å². The zero-order valence-corrected chi connectivity index (χ0v) is 16.0. The molecule has 8 heteroatoms. The predicted molar refractivity (Wildman–Crippen MR) is 102 cm³/mol. The fraction of sp³-hybridized carbons (Fsp3) is 0.263. The molecule has 7 nitrogen and oxygen atoms in total. The third-order valence-corrected chi connectivity index (χ3v) is 5.38. The zero-order chi connectivity index (χ0) is 20.0. The highest BCUT2D eigenvalue weighted by molar-refractivity contribution is 7.92. The minimum atomic E-state index is -3.77. The Labute approximate surface area is 158 Å². The predicted octanol–water partition coefficient (Wildman–Crippen LogP) is 2.73. The maximum Gasteiger partial charge on any atom is 0.305 e. The quantitative estimate of drug-likeness (QED) is 0.721. The topological polar surface area (TPSA) is 104 Å². The molecule has 0 saturated heterocycles. The van der Waals surface area contributed by atoms with E-state index in [0.29, 0.717) is 17.8 Å². The van der Waals surface area contributed by atoms with Crippen LogP contribution in [0.25, 0.3) is 0 Å². The number of anilines is 1. The normalized spacial score (nSPS) is 11.0. The van der Waals surface area contributed by atoms with Crippen molar-refractivity contribution in [3.05, 3.63) is 59.7 Å². The van der Waals surface area contributed by atoms with E-state index in [1.165, 1.54) is 29.2 Å². The third kappa shape index (κ3) is 5.55. The number of carboxylic acids is 1. The van der Waals surface area contributed by atoms with Crippen LogP contribution in [0.5, 0.6) is 0 Å². The summed E-state index contributed by atoms with van der Waals surface area (Å²) < 4.78 is 27.4. The lowest BCUT2D eigenvalue weighted by Crippen LogP contribution is -2.32. The van der Waals surface area contributed by atoms with Gasteiger partial charge in [-0.3, -0.25) is 14.3 Å². The molecule has 144 valence electrons. The van der Waals surface area contributed by atoms with Gasteiger partial charge in [0.15, 0.2) is 0 Å². The maximum absolute atomic E-state index is 12.5. The lowest BCUT2D eigenvalue weighted by atomic mass is 10.2. The SMILES string of the molecule is CCN(CCC(=O)O)C(=O)c1ccc(S(=O)(=O)Nc2ccc(C)cc2)cc1. The minimum absolute atomic E-state index is 0.0354. The van der Waals surface area contributed by atoms with Crippen molar-refractivity contribution in [2.45, 2.75) is 25.2 Å². The molecule has 0 radical (unpaired) electrons. The van der Waals surface area contributed by atoms with E-state index < -0.39 is 16.0 Å². The number of aryl methyl sites for hydroxylation is 1. The second kappa shape index (κ2) is 8.68. The number of carboxylic acid groups (broad SMARTS) is 1. The van der Waals surface area contributed by atoms with Crippen molar-refractivity contribution in [3.63, 3.8) is 0 Å². The number of benzene rings is 2. The number of rotatable bonds is 8. The van der Waals surface area contributed by atoms with Crippen LogP contribution >= 0.6 is 0 Å². The van der Waals surface area contributed by atoms with Gasteiger partial charge in [0.2, 0.25) is 0 Å². The van der Waals surface area contributed by atoms with Gasteiger partial charge in [0.05, 0.1) is 11.3 Å². The molecule has 0 atom stereocenters. The molecule has 1 amide bonds. The Bertz CT molecular complexity index is 906. The van der Waals surface area contributed by atoms with E-state index in [4.69, 9.17) is 5.11 Å². The Hall–Kier alpha value is -2.87. The first-order valence-electron chi connectivity index (χ1n) is 8.43. The number of hydrogen-bond acceptors (Lipinski definition) is 4. The molecule has 0 unspecified atom stereocenters. The highest BCUT2D eigenvalue weighted by atomic mass is 32.2. The lowest BCUT2D eigenvalue weighted by Gasteiger charge is -2.20. The molecule has 0 heterocycles. The van der Waals surface area contributed by atoms with Gasteiger partial charge in [-0.2, -0.15) is 0 Å². The molecule has 0 aliphatic carbocycles. The van der Waals surface area contributed by atoms with Crippen molar-refractivity contribution in [3.8, 4) is 0 Å². The summed E-state index contributed by atoms with van der Waals surface area (Å²) in [5, 5.41) is 8.76. The van der Waals surface area contributed by atoms with Gasteiger partial charge in [-0.15, -0.1) is 0 Å². The summed E-state index contributed by atoms with van der Waals surface area (Å²) in [6.45, 7) is 4.12. The van der Waals surface area contributed by atoms with Gasteiger partial charge in [0.1, 0.15) is 0 Å². The smallest absolute Gasteiger partial charge is 0.305 e. The summed E-state index contributed by atoms with van der Waals surface area (Å²) in [5.41, 5.74) is 1.77. The maximum atomic E-state index is 12.5. The number of sulfonamides is 1. The van der Waals surface area contributed by atoms with E-state index in [2.05, 4.69) is 4.72 Å². The summed E-state index contributed by atoms with van der Waals surface area (Å²) in [4.78, 5) is 24.6. The van der Waals surface area contributed by atoms with Gasteiger partial charge in [-0.25, -0.2) is 8.42 Å². The number of aliphatic carboxylic acids is 1. The highest BCUT2D eigenvalue weighted by Gasteiger charge is 2.18. The van der Waals surface area contributed by atoms with Crippen molar-refractivity contribution < 1.29 is 23.1 Å². The molecule has 2 rings (SSSR count). The molecule has 0 saturated carbocycles. The Balaban J connectivity index is 2.14. The van der Waals surface area contributed by atoms with Gasteiger partial charge in [-0.05, 0) is 50.2 Å². The van der Waals surface area contributed by atoms with Crippen LogP contribution in [0, 0.1) is 6.92 Å². The number of carbonyl (C=O) groups is 2. The standard InChI is InChI=1S/C19H22N2O5S/c1-3-21(13-12-18(22)23)19(24)15-6-10-17(11-7-15)27(25,26)20-16-8-4-14(2)5-9-16/h4-11,20H,3,12-13H2,1-2H3,(H,22,23). The molecule has 0 spiro atoms. The average molecular weight is 390 g/mol. The first-order valence-corrected chi connectivity index (χ1v) is 9.92. The van der Waals surface area contributed by atoms with E-state index in [-0.39, 0.29) is 23.8 Å². The van der Waals surface area contributed by atoms with Gasteiger partial charge >= 0.3 is 5.97 Å². The fourth-order valence-electron chi connectivity index (χ4n) is 2.43. The molecular formula is C19H22N2O5S. The summed E-state index contributed by atoms with van der Waals surface area (Å²) in [7, 11) is -3.77. The van der Waals surface area contributed by atoms with Crippen molar-refractivity contribution in [1.29, 1.82) is 0 Å². The second-order valence-corrected chi connectivity index (χ2v) is 7.71. The van der Waals surface area contributed by atoms with Crippen LogP contribution in [0.1, 0.15) is 29.3 Å². The molecule has 2 aromatic carbocycles. The molecule has 27 heavy (non-hydrogen) atoms.